The van der Waals surface area contributed by atoms with Crippen molar-refractivity contribution in [2.45, 2.75) is 25.9 Å². The van der Waals surface area contributed by atoms with E-state index in [0.717, 1.165) is 34.0 Å². The number of phenolic OH excluding ortho intramolecular Hbond substituents is 1. The first kappa shape index (κ1) is 23.7. The van der Waals surface area contributed by atoms with Crippen LogP contribution in [0.25, 0.3) is 5.69 Å². The molecule has 1 saturated heterocycles. The van der Waals surface area contributed by atoms with E-state index in [0.29, 0.717) is 16.6 Å². The van der Waals surface area contributed by atoms with Crippen LogP contribution in [0.15, 0.2) is 72.9 Å². The highest BCUT2D eigenvalue weighted by atomic mass is 32.1. The van der Waals surface area contributed by atoms with Crippen LogP contribution in [0.3, 0.4) is 0 Å². The number of hydrogen-bond donors (Lipinski definition) is 2. The molecule has 8 heteroatoms. The number of pyridine rings is 1. The molecule has 7 nitrogen and oxygen atoms in total. The number of benzene rings is 2. The lowest BCUT2D eigenvalue weighted by atomic mass is 9.96. The van der Waals surface area contributed by atoms with Crippen molar-refractivity contribution in [1.82, 2.24) is 14.9 Å². The lowest BCUT2D eigenvalue weighted by Gasteiger charge is -2.29. The molecule has 0 saturated carbocycles. The molecule has 0 amide bonds. The van der Waals surface area contributed by atoms with E-state index in [9.17, 15) is 5.11 Å². The monoisotopic (exact) mass is 500 g/mol. The van der Waals surface area contributed by atoms with Crippen LogP contribution in [0.1, 0.15) is 34.7 Å². The molecular formula is C28H28N4O3S. The fraction of sp³-hybridized carbons (Fsp3) is 0.214. The zero-order valence-corrected chi connectivity index (χ0v) is 21.4. The zero-order chi connectivity index (χ0) is 25.4. The van der Waals surface area contributed by atoms with E-state index in [-0.39, 0.29) is 17.8 Å². The third kappa shape index (κ3) is 3.93. The zero-order valence-electron chi connectivity index (χ0n) is 20.6. The molecule has 184 valence electrons. The Balaban J connectivity index is 1.73. The van der Waals surface area contributed by atoms with Crippen molar-refractivity contribution in [3.8, 4) is 22.9 Å². The number of methoxy groups -OCH3 is 2. The Kier molecular flexibility index (Phi) is 6.28. The fourth-order valence-electron chi connectivity index (χ4n) is 5.03. The summed E-state index contributed by atoms with van der Waals surface area (Å²) in [7, 11) is 3.29. The Labute approximate surface area is 215 Å². The number of aryl methyl sites for hydroxylation is 1. The van der Waals surface area contributed by atoms with Crippen molar-refractivity contribution < 1.29 is 14.6 Å². The topological polar surface area (TPSA) is 71.8 Å². The molecule has 5 rings (SSSR count). The first-order valence-corrected chi connectivity index (χ1v) is 12.0. The average molecular weight is 501 g/mol. The normalized spacial score (nSPS) is 17.2. The predicted molar refractivity (Wildman–Crippen MR) is 144 cm³/mol. The molecule has 36 heavy (non-hydrogen) atoms. The molecule has 1 aliphatic rings. The molecule has 2 aromatic carbocycles. The number of ether oxygens (including phenoxy) is 2. The van der Waals surface area contributed by atoms with Crippen molar-refractivity contribution in [1.29, 1.82) is 0 Å². The Hall–Kier alpha value is -4.04. The van der Waals surface area contributed by atoms with Crippen LogP contribution in [0.2, 0.25) is 0 Å². The molecule has 0 aliphatic carbocycles. The molecule has 2 N–H and O–H groups in total. The first-order chi connectivity index (χ1) is 17.4. The standard InChI is InChI=1S/C28H28N4O3S/c1-17-15-20(18(2)31(17)22-10-5-6-11-24(22)33)27-26(21-9-7-8-14-29-21)30-28(36)32(27)23-16-19(34-3)12-13-25(23)35-4/h5-16,26-27,33H,1-4H3,(H,30,36). The van der Waals surface area contributed by atoms with Gasteiger partial charge in [-0.05, 0) is 74.1 Å². The van der Waals surface area contributed by atoms with Crippen LogP contribution >= 0.6 is 12.2 Å². The Morgan fingerprint density at radius 2 is 1.72 bits per heavy atom. The number of nitrogens with zero attached hydrogens (tertiary/aromatic N) is 3. The number of nitrogens with one attached hydrogen (secondary N) is 1. The van der Waals surface area contributed by atoms with E-state index >= 15 is 0 Å². The lowest BCUT2D eigenvalue weighted by Crippen LogP contribution is -2.30. The van der Waals surface area contributed by atoms with Gasteiger partial charge in [0, 0.05) is 23.7 Å². The Morgan fingerprint density at radius 1 is 0.944 bits per heavy atom. The predicted octanol–water partition coefficient (Wildman–Crippen LogP) is 5.39. The summed E-state index contributed by atoms with van der Waals surface area (Å²) in [4.78, 5) is 6.73. The Bertz CT molecular complexity index is 1420. The largest absolute Gasteiger partial charge is 0.506 e. The van der Waals surface area contributed by atoms with Crippen molar-refractivity contribution in [3.63, 3.8) is 0 Å². The second-order valence-electron chi connectivity index (χ2n) is 8.68. The summed E-state index contributed by atoms with van der Waals surface area (Å²) >= 11 is 5.90. The van der Waals surface area contributed by atoms with Gasteiger partial charge in [0.1, 0.15) is 17.2 Å². The highest BCUT2D eigenvalue weighted by Crippen LogP contribution is 2.47. The molecule has 0 radical (unpaired) electrons. The van der Waals surface area contributed by atoms with Crippen molar-refractivity contribution in [3.05, 3.63) is 95.6 Å². The molecule has 1 fully saturated rings. The van der Waals surface area contributed by atoms with Gasteiger partial charge in [-0.3, -0.25) is 4.98 Å². The molecule has 0 bridgehead atoms. The van der Waals surface area contributed by atoms with Gasteiger partial charge in [-0.15, -0.1) is 0 Å². The minimum absolute atomic E-state index is 0.215. The number of rotatable bonds is 6. The molecule has 1 aliphatic heterocycles. The third-order valence-corrected chi connectivity index (χ3v) is 6.97. The molecule has 3 heterocycles. The number of para-hydroxylation sites is 2. The van der Waals surface area contributed by atoms with Crippen LogP contribution in [0.4, 0.5) is 5.69 Å². The highest BCUT2D eigenvalue weighted by Gasteiger charge is 2.43. The first-order valence-electron chi connectivity index (χ1n) is 11.6. The van der Waals surface area contributed by atoms with Crippen molar-refractivity contribution in [2.24, 2.45) is 0 Å². The number of phenols is 1. The van der Waals surface area contributed by atoms with Gasteiger partial charge >= 0.3 is 0 Å². The average Bonchev–Trinajstić information content (AvgIpc) is 3.39. The molecule has 0 spiro atoms. The van der Waals surface area contributed by atoms with E-state index in [1.807, 2.05) is 61.5 Å². The molecule has 2 aromatic heterocycles. The van der Waals surface area contributed by atoms with Crippen molar-refractivity contribution >= 4 is 23.0 Å². The van der Waals surface area contributed by atoms with E-state index < -0.39 is 0 Å². The second-order valence-corrected chi connectivity index (χ2v) is 9.07. The number of aromatic nitrogens is 2. The SMILES string of the molecule is COc1ccc(OC)c(N2C(=S)NC(c3ccccn3)C2c2cc(C)n(-c3ccccc3O)c2C)c1. The number of hydrogen-bond acceptors (Lipinski definition) is 5. The number of thiocarbonyl (C=S) groups is 1. The number of anilines is 1. The van der Waals surface area contributed by atoms with Gasteiger partial charge in [0.25, 0.3) is 0 Å². The maximum absolute atomic E-state index is 10.6. The van der Waals surface area contributed by atoms with Gasteiger partial charge in [-0.2, -0.15) is 0 Å². The van der Waals surface area contributed by atoms with Gasteiger partial charge < -0.3 is 29.4 Å². The maximum Gasteiger partial charge on any atom is 0.174 e. The molecular weight excluding hydrogens is 472 g/mol. The Morgan fingerprint density at radius 3 is 2.42 bits per heavy atom. The van der Waals surface area contributed by atoms with Gasteiger partial charge in [0.15, 0.2) is 5.11 Å². The van der Waals surface area contributed by atoms with E-state index in [1.165, 1.54) is 0 Å². The summed E-state index contributed by atoms with van der Waals surface area (Å²) < 4.78 is 13.3. The van der Waals surface area contributed by atoms with Crippen LogP contribution in [-0.4, -0.2) is 34.0 Å². The molecule has 4 aromatic rings. The minimum atomic E-state index is -0.237. The van der Waals surface area contributed by atoms with Gasteiger partial charge in [-0.25, -0.2) is 0 Å². The molecule has 2 unspecified atom stereocenters. The van der Waals surface area contributed by atoms with Crippen LogP contribution in [0, 0.1) is 13.8 Å². The van der Waals surface area contributed by atoms with Gasteiger partial charge in [0.05, 0.1) is 43.4 Å². The summed E-state index contributed by atoms with van der Waals surface area (Å²) in [6.45, 7) is 4.10. The van der Waals surface area contributed by atoms with E-state index in [2.05, 4.69) is 32.8 Å². The number of aromatic hydroxyl groups is 1. The second kappa shape index (κ2) is 9.54. The van der Waals surface area contributed by atoms with Crippen LogP contribution in [0.5, 0.6) is 17.2 Å². The summed E-state index contributed by atoms with van der Waals surface area (Å²) in [6, 6.07) is 20.6. The van der Waals surface area contributed by atoms with Gasteiger partial charge in [-0.1, -0.05) is 18.2 Å². The van der Waals surface area contributed by atoms with Crippen molar-refractivity contribution in [2.75, 3.05) is 19.1 Å². The van der Waals surface area contributed by atoms with E-state index in [1.54, 1.807) is 26.5 Å². The molecule has 2 atom stereocenters. The summed E-state index contributed by atoms with van der Waals surface area (Å²) in [6.07, 6.45) is 1.79. The summed E-state index contributed by atoms with van der Waals surface area (Å²) in [5.41, 5.74) is 5.46. The quantitative estimate of drug-likeness (QED) is 0.344. The third-order valence-electron chi connectivity index (χ3n) is 6.66. The highest BCUT2D eigenvalue weighted by molar-refractivity contribution is 7.80. The van der Waals surface area contributed by atoms with Gasteiger partial charge in [0.2, 0.25) is 0 Å². The summed E-state index contributed by atoms with van der Waals surface area (Å²) in [5.74, 6) is 1.60. The lowest BCUT2D eigenvalue weighted by molar-refractivity contribution is 0.403. The fourth-order valence-corrected chi connectivity index (χ4v) is 5.37. The minimum Gasteiger partial charge on any atom is -0.506 e. The van der Waals surface area contributed by atoms with Crippen LogP contribution < -0.4 is 19.7 Å². The van der Waals surface area contributed by atoms with E-state index in [4.69, 9.17) is 21.7 Å². The smallest absolute Gasteiger partial charge is 0.174 e. The van der Waals surface area contributed by atoms with Crippen LogP contribution in [-0.2, 0) is 0 Å². The summed E-state index contributed by atoms with van der Waals surface area (Å²) in [5, 5.41) is 14.7. The maximum atomic E-state index is 10.6.